The van der Waals surface area contributed by atoms with Crippen LogP contribution in [0.5, 0.6) is 0 Å². The molecule has 2 heterocycles. The van der Waals surface area contributed by atoms with Crippen LogP contribution in [0.25, 0.3) is 10.6 Å². The molecule has 34 heavy (non-hydrogen) atoms. The third-order valence-corrected chi connectivity index (χ3v) is 5.36. The fourth-order valence-corrected chi connectivity index (χ4v) is 3.57. The van der Waals surface area contributed by atoms with Crippen molar-refractivity contribution in [2.24, 2.45) is 4.99 Å². The first-order valence-corrected chi connectivity index (χ1v) is 11.4. The molecule has 9 heteroatoms. The smallest absolute Gasteiger partial charge is 0.284 e. The molecule has 0 bridgehead atoms. The Morgan fingerprint density at radius 1 is 1.38 bits per heavy atom. The van der Waals surface area contributed by atoms with Crippen molar-refractivity contribution in [3.05, 3.63) is 65.0 Å². The zero-order chi connectivity index (χ0) is 25.5. The predicted octanol–water partition coefficient (Wildman–Crippen LogP) is 4.72. The fourth-order valence-electron chi connectivity index (χ4n) is 2.71. The quantitative estimate of drug-likeness (QED) is 0.150. The van der Waals surface area contributed by atoms with Gasteiger partial charge in [0.25, 0.3) is 5.91 Å². The summed E-state index contributed by atoms with van der Waals surface area (Å²) in [4.78, 5) is 29.7. The molecule has 0 aliphatic heterocycles. The van der Waals surface area contributed by atoms with E-state index >= 15 is 0 Å². The Morgan fingerprint density at radius 2 is 2.09 bits per heavy atom. The van der Waals surface area contributed by atoms with Gasteiger partial charge < -0.3 is 5.32 Å². The van der Waals surface area contributed by atoms with Crippen LogP contribution in [0.4, 0.5) is 0 Å². The molecule has 0 atom stereocenters. The number of thiophene rings is 1. The van der Waals surface area contributed by atoms with Crippen molar-refractivity contribution in [2.45, 2.75) is 47.1 Å². The Kier molecular flexibility index (Phi) is 12.6. The Labute approximate surface area is 204 Å². The number of carbonyl (C=O) groups excluding carboxylic acids is 2. The average Bonchev–Trinajstić information content (AvgIpc) is 3.48. The van der Waals surface area contributed by atoms with Gasteiger partial charge in [-0.1, -0.05) is 32.1 Å². The van der Waals surface area contributed by atoms with Crippen molar-refractivity contribution in [2.75, 3.05) is 0 Å². The molecule has 0 fully saturated rings. The number of hydrogen-bond acceptors (Lipinski definition) is 6. The minimum Gasteiger partial charge on any atom is -0.326 e. The van der Waals surface area contributed by atoms with Gasteiger partial charge in [-0.05, 0) is 51.0 Å². The summed E-state index contributed by atoms with van der Waals surface area (Å²) < 4.78 is 1.52. The van der Waals surface area contributed by atoms with E-state index in [4.69, 9.17) is 5.21 Å². The number of aromatic nitrogens is 2. The SMILES string of the molecule is C#CC.C=CC(=C/C)/C(N=CCCC)=C(\C)NC(=O)Cn1ccc(-c2ccc(C(=O)NO)s2)n1. The van der Waals surface area contributed by atoms with Crippen LogP contribution in [0.1, 0.15) is 50.2 Å². The molecule has 0 aromatic carbocycles. The van der Waals surface area contributed by atoms with E-state index in [9.17, 15) is 9.59 Å². The minimum absolute atomic E-state index is 0.0257. The number of nitrogens with zero attached hydrogens (tertiary/aromatic N) is 3. The van der Waals surface area contributed by atoms with Crippen LogP contribution in [-0.4, -0.2) is 33.0 Å². The fraction of sp³-hybridized carbons (Fsp3) is 0.280. The van der Waals surface area contributed by atoms with E-state index in [0.29, 0.717) is 22.0 Å². The zero-order valence-corrected chi connectivity index (χ0v) is 20.8. The number of allylic oxidation sites excluding steroid dienone is 3. The van der Waals surface area contributed by atoms with E-state index in [1.807, 2.05) is 19.2 Å². The van der Waals surface area contributed by atoms with Crippen molar-refractivity contribution < 1.29 is 14.8 Å². The highest BCUT2D eigenvalue weighted by atomic mass is 32.1. The molecule has 2 aromatic heterocycles. The van der Waals surface area contributed by atoms with E-state index in [2.05, 4.69) is 41.3 Å². The molecule has 0 radical (unpaired) electrons. The van der Waals surface area contributed by atoms with Crippen molar-refractivity contribution in [1.82, 2.24) is 20.6 Å². The van der Waals surface area contributed by atoms with Crippen LogP contribution in [-0.2, 0) is 11.3 Å². The number of hydrogen-bond donors (Lipinski definition) is 3. The number of unbranched alkanes of at least 4 members (excludes halogenated alkanes) is 1. The number of hydroxylamine groups is 1. The molecule has 180 valence electrons. The molecule has 0 aliphatic carbocycles. The monoisotopic (exact) mass is 481 g/mol. The van der Waals surface area contributed by atoms with Crippen LogP contribution < -0.4 is 10.8 Å². The first kappa shape index (κ1) is 28.3. The van der Waals surface area contributed by atoms with E-state index in [1.165, 1.54) is 16.0 Å². The van der Waals surface area contributed by atoms with E-state index in [0.717, 1.165) is 23.3 Å². The summed E-state index contributed by atoms with van der Waals surface area (Å²) >= 11 is 1.20. The minimum atomic E-state index is -0.574. The highest BCUT2D eigenvalue weighted by molar-refractivity contribution is 7.17. The molecule has 8 nitrogen and oxygen atoms in total. The maximum absolute atomic E-state index is 12.6. The summed E-state index contributed by atoms with van der Waals surface area (Å²) in [6, 6.07) is 5.10. The van der Waals surface area contributed by atoms with Gasteiger partial charge in [0, 0.05) is 18.1 Å². The second kappa shape index (κ2) is 15.2. The Balaban J connectivity index is 0.00000182. The number of nitrogens with one attached hydrogen (secondary N) is 2. The molecular formula is C25H31N5O3S. The van der Waals surface area contributed by atoms with Gasteiger partial charge in [-0.2, -0.15) is 5.10 Å². The van der Waals surface area contributed by atoms with Gasteiger partial charge in [0.15, 0.2) is 0 Å². The predicted molar refractivity (Wildman–Crippen MR) is 137 cm³/mol. The number of carbonyl (C=O) groups is 2. The maximum atomic E-state index is 12.6. The van der Waals surface area contributed by atoms with Gasteiger partial charge in [-0.15, -0.1) is 23.7 Å². The van der Waals surface area contributed by atoms with Crippen LogP contribution in [0.3, 0.4) is 0 Å². The van der Waals surface area contributed by atoms with Crippen LogP contribution >= 0.6 is 11.3 Å². The van der Waals surface area contributed by atoms with Crippen molar-refractivity contribution in [1.29, 1.82) is 0 Å². The second-order valence-electron chi connectivity index (χ2n) is 6.86. The third-order valence-electron chi connectivity index (χ3n) is 4.25. The largest absolute Gasteiger partial charge is 0.326 e. The zero-order valence-electron chi connectivity index (χ0n) is 20.0. The molecule has 0 aliphatic rings. The van der Waals surface area contributed by atoms with E-state index in [-0.39, 0.29) is 12.5 Å². The van der Waals surface area contributed by atoms with Gasteiger partial charge in [0.1, 0.15) is 12.2 Å². The van der Waals surface area contributed by atoms with Gasteiger partial charge in [-0.25, -0.2) is 5.48 Å². The molecule has 2 rings (SSSR count). The standard InChI is InChI=1S/C22H27N5O3S.C3H4/c1-5-8-12-23-21(16(6-2)7-3)15(4)24-20(28)14-27-13-11-17(25-27)18-9-10-19(31-18)22(29)26-30;1-3-2/h6-7,9-13,30H,2,5,8,14H2,1,3-4H3,(H,24,28)(H,26,29);1H,2H3/b16-7-,21-15-,23-12?;. The second-order valence-corrected chi connectivity index (χ2v) is 7.95. The summed E-state index contributed by atoms with van der Waals surface area (Å²) in [5, 5.41) is 16.0. The van der Waals surface area contributed by atoms with Crippen molar-refractivity contribution >= 4 is 29.4 Å². The summed E-state index contributed by atoms with van der Waals surface area (Å²) in [5.41, 5.74) is 4.39. The highest BCUT2D eigenvalue weighted by Crippen LogP contribution is 2.26. The van der Waals surface area contributed by atoms with Crippen molar-refractivity contribution in [3.63, 3.8) is 0 Å². The number of terminal acetylenes is 1. The van der Waals surface area contributed by atoms with Crippen molar-refractivity contribution in [3.8, 4) is 22.9 Å². The summed E-state index contributed by atoms with van der Waals surface area (Å²) in [6.45, 7) is 11.3. The molecule has 0 saturated carbocycles. The lowest BCUT2D eigenvalue weighted by Gasteiger charge is -2.11. The number of rotatable bonds is 10. The normalized spacial score (nSPS) is 11.7. The van der Waals surface area contributed by atoms with E-state index in [1.54, 1.807) is 49.8 Å². The molecular weight excluding hydrogens is 450 g/mol. The maximum Gasteiger partial charge on any atom is 0.284 e. The Bertz CT molecular complexity index is 1120. The summed E-state index contributed by atoms with van der Waals surface area (Å²) in [5.74, 6) is 1.44. The lowest BCUT2D eigenvalue weighted by atomic mass is 10.1. The summed E-state index contributed by atoms with van der Waals surface area (Å²) in [6.07, 6.45) is 13.6. The lowest BCUT2D eigenvalue weighted by Crippen LogP contribution is -2.27. The molecule has 0 saturated heterocycles. The third kappa shape index (κ3) is 8.65. The number of aliphatic imine (C=N–C) groups is 1. The van der Waals surface area contributed by atoms with Gasteiger partial charge >= 0.3 is 0 Å². The molecule has 2 amide bonds. The summed E-state index contributed by atoms with van der Waals surface area (Å²) in [7, 11) is 0. The topological polar surface area (TPSA) is 109 Å². The molecule has 3 N–H and O–H groups in total. The number of amides is 2. The molecule has 0 spiro atoms. The van der Waals surface area contributed by atoms with Crippen LogP contribution in [0.15, 0.2) is 65.1 Å². The lowest BCUT2D eigenvalue weighted by molar-refractivity contribution is -0.121. The first-order valence-electron chi connectivity index (χ1n) is 10.6. The van der Waals surface area contributed by atoms with Gasteiger partial charge in [0.05, 0.1) is 15.5 Å². The van der Waals surface area contributed by atoms with Gasteiger partial charge in [-0.3, -0.25) is 24.5 Å². The Hall–Kier alpha value is -3.74. The van der Waals surface area contributed by atoms with Crippen LogP contribution in [0.2, 0.25) is 0 Å². The van der Waals surface area contributed by atoms with E-state index < -0.39 is 5.91 Å². The average molecular weight is 482 g/mol. The molecule has 0 unspecified atom stereocenters. The highest BCUT2D eigenvalue weighted by Gasteiger charge is 2.13. The molecule has 2 aromatic rings. The van der Waals surface area contributed by atoms with Crippen LogP contribution in [0, 0.1) is 12.3 Å². The first-order chi connectivity index (χ1) is 16.3. The van der Waals surface area contributed by atoms with Gasteiger partial charge in [0.2, 0.25) is 5.91 Å². The Morgan fingerprint density at radius 3 is 2.68 bits per heavy atom.